The van der Waals surface area contributed by atoms with Crippen LogP contribution in [0.2, 0.25) is 10.0 Å². The monoisotopic (exact) mass is 338 g/mol. The van der Waals surface area contributed by atoms with E-state index in [2.05, 4.69) is 16.5 Å². The fraction of sp³-hybridized carbons (Fsp3) is 0.188. The van der Waals surface area contributed by atoms with Crippen molar-refractivity contribution in [3.8, 4) is 0 Å². The minimum absolute atomic E-state index is 0.0404. The van der Waals surface area contributed by atoms with Crippen molar-refractivity contribution >= 4 is 45.8 Å². The van der Waals surface area contributed by atoms with E-state index in [4.69, 9.17) is 34.8 Å². The molecule has 1 atom stereocenters. The second-order valence-electron chi connectivity index (χ2n) is 4.86. The Morgan fingerprint density at radius 2 is 1.90 bits per heavy atom. The Morgan fingerprint density at radius 3 is 2.62 bits per heavy atom. The normalized spacial score (nSPS) is 12.8. The molecule has 0 aliphatic rings. The van der Waals surface area contributed by atoms with E-state index in [1.807, 2.05) is 42.5 Å². The molecule has 0 N–H and O–H groups in total. The summed E-state index contributed by atoms with van der Waals surface area (Å²) >= 11 is 18.4. The first-order chi connectivity index (χ1) is 10.1. The molecule has 0 aliphatic carbocycles. The smallest absolute Gasteiger partial charge is 0.125 e. The molecular weight excluding hydrogens is 327 g/mol. The summed E-state index contributed by atoms with van der Waals surface area (Å²) in [5, 5.41) is 1.40. The maximum atomic E-state index is 6.32. The van der Waals surface area contributed by atoms with Gasteiger partial charge in [0.05, 0.1) is 23.0 Å². The zero-order valence-corrected chi connectivity index (χ0v) is 13.6. The standard InChI is InChI=1S/C16H13Cl3N2/c1-10(12-4-2-3-5-13(12)19)21-15-7-6-11(18)8-14(15)20-16(21)9-17/h2-8,10H,9H2,1H3. The molecule has 0 spiro atoms. The topological polar surface area (TPSA) is 17.8 Å². The Labute approximate surface area is 138 Å². The first-order valence-electron chi connectivity index (χ1n) is 6.58. The minimum atomic E-state index is 0.0404. The molecule has 1 heterocycles. The van der Waals surface area contributed by atoms with Crippen LogP contribution >= 0.6 is 34.8 Å². The number of benzene rings is 2. The molecule has 1 unspecified atom stereocenters. The van der Waals surface area contributed by atoms with Gasteiger partial charge in [-0.1, -0.05) is 41.4 Å². The molecule has 1 aromatic heterocycles. The lowest BCUT2D eigenvalue weighted by molar-refractivity contribution is 0.634. The van der Waals surface area contributed by atoms with E-state index in [9.17, 15) is 0 Å². The molecule has 0 radical (unpaired) electrons. The Morgan fingerprint density at radius 1 is 1.14 bits per heavy atom. The second kappa shape index (κ2) is 5.88. The third-order valence-corrected chi connectivity index (χ3v) is 4.41. The van der Waals surface area contributed by atoms with Gasteiger partial charge in [-0.05, 0) is 36.8 Å². The van der Waals surface area contributed by atoms with Gasteiger partial charge in [-0.15, -0.1) is 11.6 Å². The molecule has 0 bridgehead atoms. The number of nitrogens with zero attached hydrogens (tertiary/aromatic N) is 2. The molecular formula is C16H13Cl3N2. The Balaban J connectivity index is 2.21. The van der Waals surface area contributed by atoms with Gasteiger partial charge in [-0.2, -0.15) is 0 Å². The maximum Gasteiger partial charge on any atom is 0.125 e. The molecule has 0 saturated carbocycles. The number of rotatable bonds is 3. The lowest BCUT2D eigenvalue weighted by Crippen LogP contribution is -2.10. The van der Waals surface area contributed by atoms with E-state index in [1.54, 1.807) is 0 Å². The van der Waals surface area contributed by atoms with Crippen LogP contribution in [-0.4, -0.2) is 9.55 Å². The van der Waals surface area contributed by atoms with Crippen LogP contribution in [0.25, 0.3) is 11.0 Å². The number of hydrogen-bond donors (Lipinski definition) is 0. The highest BCUT2D eigenvalue weighted by Gasteiger charge is 2.18. The Hall–Kier alpha value is -1.22. The van der Waals surface area contributed by atoms with Crippen LogP contribution in [-0.2, 0) is 5.88 Å². The first-order valence-corrected chi connectivity index (χ1v) is 7.87. The molecule has 0 aliphatic heterocycles. The predicted octanol–water partition coefficient (Wildman–Crippen LogP) is 5.69. The maximum absolute atomic E-state index is 6.32. The van der Waals surface area contributed by atoms with Crippen molar-refractivity contribution in [1.29, 1.82) is 0 Å². The van der Waals surface area contributed by atoms with Gasteiger partial charge >= 0.3 is 0 Å². The van der Waals surface area contributed by atoms with E-state index < -0.39 is 0 Å². The predicted molar refractivity (Wildman–Crippen MR) is 89.6 cm³/mol. The number of imidazole rings is 1. The highest BCUT2D eigenvalue weighted by Crippen LogP contribution is 2.31. The number of fused-ring (bicyclic) bond motifs is 1. The quantitative estimate of drug-likeness (QED) is 0.560. The fourth-order valence-electron chi connectivity index (χ4n) is 2.60. The number of halogens is 3. The van der Waals surface area contributed by atoms with Crippen molar-refractivity contribution in [3.63, 3.8) is 0 Å². The number of hydrogen-bond acceptors (Lipinski definition) is 1. The van der Waals surface area contributed by atoms with E-state index >= 15 is 0 Å². The van der Waals surface area contributed by atoms with Gasteiger partial charge in [-0.25, -0.2) is 4.98 Å². The molecule has 0 fully saturated rings. The van der Waals surface area contributed by atoms with Gasteiger partial charge in [0.1, 0.15) is 5.82 Å². The largest absolute Gasteiger partial charge is 0.320 e. The molecule has 2 nitrogen and oxygen atoms in total. The summed E-state index contributed by atoms with van der Waals surface area (Å²) in [6, 6.07) is 13.5. The summed E-state index contributed by atoms with van der Waals surface area (Å²) < 4.78 is 2.11. The Kier molecular flexibility index (Phi) is 4.12. The van der Waals surface area contributed by atoms with Crippen LogP contribution < -0.4 is 0 Å². The number of alkyl halides is 1. The van der Waals surface area contributed by atoms with Crippen LogP contribution in [0.4, 0.5) is 0 Å². The van der Waals surface area contributed by atoms with Gasteiger partial charge in [-0.3, -0.25) is 0 Å². The van der Waals surface area contributed by atoms with Gasteiger partial charge < -0.3 is 4.57 Å². The van der Waals surface area contributed by atoms with Crippen molar-refractivity contribution in [3.05, 3.63) is 63.9 Å². The molecule has 2 aromatic carbocycles. The summed E-state index contributed by atoms with van der Waals surface area (Å²) in [4.78, 5) is 4.57. The van der Waals surface area contributed by atoms with Gasteiger partial charge in [0.2, 0.25) is 0 Å². The highest BCUT2D eigenvalue weighted by atomic mass is 35.5. The van der Waals surface area contributed by atoms with Crippen LogP contribution in [0.3, 0.4) is 0 Å². The zero-order chi connectivity index (χ0) is 15.0. The summed E-state index contributed by atoms with van der Waals surface area (Å²) in [7, 11) is 0. The fourth-order valence-corrected chi connectivity index (χ4v) is 3.25. The van der Waals surface area contributed by atoms with Crippen LogP contribution in [0.15, 0.2) is 42.5 Å². The molecule has 5 heteroatoms. The van der Waals surface area contributed by atoms with Crippen molar-refractivity contribution < 1.29 is 0 Å². The lowest BCUT2D eigenvalue weighted by Gasteiger charge is -2.18. The molecule has 21 heavy (non-hydrogen) atoms. The summed E-state index contributed by atoms with van der Waals surface area (Å²) in [6.45, 7) is 2.09. The average molecular weight is 340 g/mol. The van der Waals surface area contributed by atoms with Crippen molar-refractivity contribution in [2.24, 2.45) is 0 Å². The van der Waals surface area contributed by atoms with E-state index in [1.165, 1.54) is 0 Å². The average Bonchev–Trinajstić information content (AvgIpc) is 2.84. The first kappa shape index (κ1) is 14.7. The third kappa shape index (κ3) is 2.64. The highest BCUT2D eigenvalue weighted by molar-refractivity contribution is 6.31. The molecule has 3 rings (SSSR count). The number of aromatic nitrogens is 2. The van der Waals surface area contributed by atoms with Crippen molar-refractivity contribution in [1.82, 2.24) is 9.55 Å². The summed E-state index contributed by atoms with van der Waals surface area (Å²) in [5.41, 5.74) is 2.89. The molecule has 0 saturated heterocycles. The molecule has 3 aromatic rings. The zero-order valence-electron chi connectivity index (χ0n) is 11.4. The van der Waals surface area contributed by atoms with E-state index in [-0.39, 0.29) is 6.04 Å². The SMILES string of the molecule is CC(c1ccccc1Cl)n1c(CCl)nc2cc(Cl)ccc21. The molecule has 0 amide bonds. The van der Waals surface area contributed by atoms with Gasteiger partial charge in [0.25, 0.3) is 0 Å². The molecule has 108 valence electrons. The lowest BCUT2D eigenvalue weighted by atomic mass is 10.1. The van der Waals surface area contributed by atoms with E-state index in [0.717, 1.165) is 27.4 Å². The second-order valence-corrected chi connectivity index (χ2v) is 5.97. The van der Waals surface area contributed by atoms with Crippen LogP contribution in [0.5, 0.6) is 0 Å². The van der Waals surface area contributed by atoms with Crippen LogP contribution in [0, 0.1) is 0 Å². The third-order valence-electron chi connectivity index (χ3n) is 3.59. The minimum Gasteiger partial charge on any atom is -0.320 e. The summed E-state index contributed by atoms with van der Waals surface area (Å²) in [6.07, 6.45) is 0. The van der Waals surface area contributed by atoms with Gasteiger partial charge in [0.15, 0.2) is 0 Å². The van der Waals surface area contributed by atoms with Gasteiger partial charge in [0, 0.05) is 10.0 Å². The summed E-state index contributed by atoms with van der Waals surface area (Å²) in [5.74, 6) is 1.14. The van der Waals surface area contributed by atoms with Crippen LogP contribution in [0.1, 0.15) is 24.4 Å². The van der Waals surface area contributed by atoms with Crippen molar-refractivity contribution in [2.45, 2.75) is 18.8 Å². The van der Waals surface area contributed by atoms with Crippen molar-refractivity contribution in [2.75, 3.05) is 0 Å². The van der Waals surface area contributed by atoms with E-state index in [0.29, 0.717) is 10.9 Å². The Bertz CT molecular complexity index is 795.